The van der Waals surface area contributed by atoms with Crippen molar-refractivity contribution in [1.82, 2.24) is 10.0 Å². The number of benzene rings is 2. The van der Waals surface area contributed by atoms with E-state index in [0.717, 1.165) is 17.7 Å². The minimum absolute atomic E-state index is 0.0248. The normalized spacial score (nSPS) is 14.4. The van der Waals surface area contributed by atoms with Crippen molar-refractivity contribution in [3.05, 3.63) is 48.0 Å². The lowest BCUT2D eigenvalue weighted by molar-refractivity contribution is -0.123. The lowest BCUT2D eigenvalue weighted by Gasteiger charge is -2.22. The summed E-state index contributed by atoms with van der Waals surface area (Å²) in [6.07, 6.45) is 1.32. The summed E-state index contributed by atoms with van der Waals surface area (Å²) < 4.78 is 45.3. The number of hydrogen-bond acceptors (Lipinski definition) is 6. The van der Waals surface area contributed by atoms with Gasteiger partial charge in [-0.1, -0.05) is 26.0 Å². The molecule has 0 fully saturated rings. The summed E-state index contributed by atoms with van der Waals surface area (Å²) in [7, 11) is -3.94. The number of hydrogen-bond donors (Lipinski definition) is 2. The Bertz CT molecular complexity index is 1050. The van der Waals surface area contributed by atoms with Crippen molar-refractivity contribution in [3.63, 3.8) is 0 Å². The first-order valence-electron chi connectivity index (χ1n) is 11.2. The molecule has 1 amide bonds. The Morgan fingerprint density at radius 3 is 2.58 bits per heavy atom. The third kappa shape index (κ3) is 7.10. The predicted molar refractivity (Wildman–Crippen MR) is 125 cm³/mol. The third-order valence-corrected chi connectivity index (χ3v) is 6.58. The van der Waals surface area contributed by atoms with Crippen LogP contribution in [0.2, 0.25) is 0 Å². The molecule has 2 aromatic rings. The fourth-order valence-electron chi connectivity index (χ4n) is 3.33. The summed E-state index contributed by atoms with van der Waals surface area (Å²) >= 11 is 0. The van der Waals surface area contributed by atoms with Crippen molar-refractivity contribution in [2.75, 3.05) is 26.4 Å². The second kappa shape index (κ2) is 11.4. The van der Waals surface area contributed by atoms with Crippen LogP contribution in [0.15, 0.2) is 47.4 Å². The first kappa shape index (κ1) is 24.9. The van der Waals surface area contributed by atoms with E-state index >= 15 is 0 Å². The molecule has 9 heteroatoms. The van der Waals surface area contributed by atoms with E-state index in [9.17, 15) is 13.2 Å². The molecule has 0 aromatic heterocycles. The molecule has 0 aliphatic carbocycles. The van der Waals surface area contributed by atoms with Gasteiger partial charge in [0.25, 0.3) is 0 Å². The van der Waals surface area contributed by atoms with E-state index in [2.05, 4.69) is 10.0 Å². The molecule has 3 rings (SSSR count). The van der Waals surface area contributed by atoms with Crippen LogP contribution in [0.25, 0.3) is 0 Å². The van der Waals surface area contributed by atoms with E-state index in [0.29, 0.717) is 44.3 Å². The topological polar surface area (TPSA) is 103 Å². The third-order valence-electron chi connectivity index (χ3n) is 5.14. The van der Waals surface area contributed by atoms with Crippen LogP contribution in [-0.4, -0.2) is 46.7 Å². The van der Waals surface area contributed by atoms with Gasteiger partial charge in [0.2, 0.25) is 15.9 Å². The van der Waals surface area contributed by atoms with Crippen LogP contribution < -0.4 is 24.2 Å². The maximum absolute atomic E-state index is 13.0. The monoisotopic (exact) mass is 476 g/mol. The van der Waals surface area contributed by atoms with Crippen LogP contribution in [0.5, 0.6) is 17.2 Å². The van der Waals surface area contributed by atoms with Gasteiger partial charge < -0.3 is 19.5 Å². The highest BCUT2D eigenvalue weighted by atomic mass is 32.2. The van der Waals surface area contributed by atoms with Crippen LogP contribution in [-0.2, 0) is 14.8 Å². The van der Waals surface area contributed by atoms with Gasteiger partial charge in [-0.2, -0.15) is 4.72 Å². The molecule has 180 valence electrons. The molecule has 1 aliphatic heterocycles. The fourth-order valence-corrected chi connectivity index (χ4v) is 4.69. The van der Waals surface area contributed by atoms with E-state index in [1.165, 1.54) is 12.1 Å². The largest absolute Gasteiger partial charge is 0.494 e. The van der Waals surface area contributed by atoms with E-state index in [-0.39, 0.29) is 16.7 Å². The van der Waals surface area contributed by atoms with Crippen molar-refractivity contribution in [3.8, 4) is 17.2 Å². The maximum Gasteiger partial charge on any atom is 0.241 e. The molecule has 1 atom stereocenters. The fraction of sp³-hybridized carbons (Fsp3) is 0.458. The summed E-state index contributed by atoms with van der Waals surface area (Å²) in [4.78, 5) is 12.8. The average Bonchev–Trinajstić information content (AvgIpc) is 3.02. The first-order valence-corrected chi connectivity index (χ1v) is 12.6. The predicted octanol–water partition coefficient (Wildman–Crippen LogP) is 3.04. The number of rotatable bonds is 10. The molecule has 0 bridgehead atoms. The zero-order chi connectivity index (χ0) is 23.8. The number of aryl methyl sites for hydroxylation is 1. The Labute approximate surface area is 195 Å². The first-order chi connectivity index (χ1) is 15.8. The standard InChI is InChI=1S/C24H32N2O6S/c1-17(2)23(24(27)25-11-5-12-30-19-8-4-7-18(3)15-19)26-33(28,29)20-9-10-21-22(16-20)32-14-6-13-31-21/h4,7-10,15-17,23,26H,5-6,11-14H2,1-3H3,(H,25,27). The highest BCUT2D eigenvalue weighted by molar-refractivity contribution is 7.89. The van der Waals surface area contributed by atoms with Crippen molar-refractivity contribution in [2.45, 2.75) is 44.6 Å². The minimum atomic E-state index is -3.94. The maximum atomic E-state index is 13.0. The van der Waals surface area contributed by atoms with Gasteiger partial charge >= 0.3 is 0 Å². The highest BCUT2D eigenvalue weighted by Gasteiger charge is 2.29. The molecule has 1 unspecified atom stereocenters. The lowest BCUT2D eigenvalue weighted by Crippen LogP contribution is -2.49. The van der Waals surface area contributed by atoms with Crippen LogP contribution in [0.3, 0.4) is 0 Å². The smallest absolute Gasteiger partial charge is 0.241 e. The molecule has 0 radical (unpaired) electrons. The second-order valence-electron chi connectivity index (χ2n) is 8.31. The molecule has 1 aliphatic rings. The summed E-state index contributed by atoms with van der Waals surface area (Å²) in [5.41, 5.74) is 1.11. The molecule has 8 nitrogen and oxygen atoms in total. The van der Waals surface area contributed by atoms with Crippen molar-refractivity contribution >= 4 is 15.9 Å². The summed E-state index contributed by atoms with van der Waals surface area (Å²) in [6, 6.07) is 11.3. The number of amides is 1. The van der Waals surface area contributed by atoms with E-state index in [1.54, 1.807) is 19.9 Å². The number of fused-ring (bicyclic) bond motifs is 1. The quantitative estimate of drug-likeness (QED) is 0.511. The van der Waals surface area contributed by atoms with Gasteiger partial charge in [0.05, 0.1) is 24.7 Å². The van der Waals surface area contributed by atoms with Gasteiger partial charge in [-0.05, 0) is 49.1 Å². The molecule has 0 saturated heterocycles. The zero-order valence-corrected chi connectivity index (χ0v) is 20.1. The molecular formula is C24H32N2O6S. The summed E-state index contributed by atoms with van der Waals surface area (Å²) in [5, 5.41) is 2.80. The Morgan fingerprint density at radius 1 is 1.09 bits per heavy atom. The van der Waals surface area contributed by atoms with E-state index < -0.39 is 16.1 Å². The summed E-state index contributed by atoms with van der Waals surface area (Å²) in [5.74, 6) is 1.05. The Morgan fingerprint density at radius 2 is 1.85 bits per heavy atom. The van der Waals surface area contributed by atoms with Crippen molar-refractivity contribution in [1.29, 1.82) is 0 Å². The molecule has 1 heterocycles. The van der Waals surface area contributed by atoms with Crippen LogP contribution in [0, 0.1) is 12.8 Å². The van der Waals surface area contributed by atoms with Gasteiger partial charge in [-0.25, -0.2) is 8.42 Å². The van der Waals surface area contributed by atoms with Crippen molar-refractivity contribution in [2.24, 2.45) is 5.92 Å². The molecular weight excluding hydrogens is 444 g/mol. The molecule has 33 heavy (non-hydrogen) atoms. The van der Waals surface area contributed by atoms with E-state index in [4.69, 9.17) is 14.2 Å². The van der Waals surface area contributed by atoms with Gasteiger partial charge in [-0.3, -0.25) is 4.79 Å². The second-order valence-corrected chi connectivity index (χ2v) is 10.0. The van der Waals surface area contributed by atoms with Crippen molar-refractivity contribution < 1.29 is 27.4 Å². The van der Waals surface area contributed by atoms with Gasteiger partial charge in [0.15, 0.2) is 11.5 Å². The van der Waals surface area contributed by atoms with Crippen LogP contribution in [0.4, 0.5) is 0 Å². The lowest BCUT2D eigenvalue weighted by atomic mass is 10.1. The number of nitrogens with one attached hydrogen (secondary N) is 2. The van der Waals surface area contributed by atoms with E-state index in [1.807, 2.05) is 31.2 Å². The number of carbonyl (C=O) groups excluding carboxylic acids is 1. The minimum Gasteiger partial charge on any atom is -0.494 e. The number of sulfonamides is 1. The van der Waals surface area contributed by atoms with Crippen LogP contribution >= 0.6 is 0 Å². The Kier molecular flexibility index (Phi) is 8.57. The molecule has 0 saturated carbocycles. The van der Waals surface area contributed by atoms with Gasteiger partial charge in [0, 0.05) is 19.0 Å². The molecule has 2 aromatic carbocycles. The van der Waals surface area contributed by atoms with Gasteiger partial charge in [-0.15, -0.1) is 0 Å². The molecule has 0 spiro atoms. The zero-order valence-electron chi connectivity index (χ0n) is 19.3. The summed E-state index contributed by atoms with van der Waals surface area (Å²) in [6.45, 7) is 7.37. The Balaban J connectivity index is 1.55. The van der Waals surface area contributed by atoms with Gasteiger partial charge in [0.1, 0.15) is 11.8 Å². The number of carbonyl (C=O) groups is 1. The van der Waals surface area contributed by atoms with Crippen LogP contribution in [0.1, 0.15) is 32.3 Å². The average molecular weight is 477 g/mol. The molecule has 2 N–H and O–H groups in total. The Hall–Kier alpha value is -2.78. The highest BCUT2D eigenvalue weighted by Crippen LogP contribution is 2.32. The number of ether oxygens (including phenoxy) is 3. The SMILES string of the molecule is Cc1cccc(OCCCNC(=O)C(NS(=O)(=O)c2ccc3c(c2)OCCCO3)C(C)C)c1.